The lowest BCUT2D eigenvalue weighted by atomic mass is 9.92. The van der Waals surface area contributed by atoms with Crippen molar-refractivity contribution in [3.05, 3.63) is 47.3 Å². The quantitative estimate of drug-likeness (QED) is 0.629. The number of urea groups is 1. The fraction of sp³-hybridized carbons (Fsp3) is 0.478. The summed E-state index contributed by atoms with van der Waals surface area (Å²) < 4.78 is 1.52. The van der Waals surface area contributed by atoms with Gasteiger partial charge in [0.25, 0.3) is 11.8 Å². The van der Waals surface area contributed by atoms with E-state index < -0.39 is 18.1 Å². The van der Waals surface area contributed by atoms with E-state index in [0.29, 0.717) is 11.4 Å². The van der Waals surface area contributed by atoms with E-state index >= 15 is 0 Å². The Labute approximate surface area is 194 Å². The first-order valence-corrected chi connectivity index (χ1v) is 11.0. The minimum absolute atomic E-state index is 0.216. The molecule has 1 fully saturated rings. The van der Waals surface area contributed by atoms with Gasteiger partial charge in [-0.25, -0.2) is 4.79 Å². The third kappa shape index (κ3) is 5.33. The van der Waals surface area contributed by atoms with Crippen LogP contribution < -0.4 is 16.4 Å². The molecule has 2 heterocycles. The fourth-order valence-corrected chi connectivity index (χ4v) is 3.72. The molecule has 0 spiro atoms. The van der Waals surface area contributed by atoms with E-state index in [1.165, 1.54) is 14.5 Å². The summed E-state index contributed by atoms with van der Waals surface area (Å²) in [4.78, 5) is 42.3. The molecule has 3 rings (SSSR count). The number of nitrogens with zero attached hydrogens (tertiary/aromatic N) is 4. The highest BCUT2D eigenvalue weighted by atomic mass is 16.2. The van der Waals surface area contributed by atoms with E-state index in [9.17, 15) is 14.4 Å². The molecule has 2 aromatic rings. The Morgan fingerprint density at radius 3 is 2.45 bits per heavy atom. The fourth-order valence-electron chi connectivity index (χ4n) is 3.72. The van der Waals surface area contributed by atoms with Crippen LogP contribution in [0.5, 0.6) is 0 Å². The van der Waals surface area contributed by atoms with Crippen molar-refractivity contribution in [1.29, 1.82) is 0 Å². The number of amides is 4. The highest BCUT2D eigenvalue weighted by Gasteiger charge is 2.43. The number of hydrogen-bond acceptors (Lipinski definition) is 5. The number of nitrogens with two attached hydrogens (primary N) is 1. The zero-order valence-electron chi connectivity index (χ0n) is 19.9. The van der Waals surface area contributed by atoms with Gasteiger partial charge in [0.15, 0.2) is 6.17 Å². The predicted molar refractivity (Wildman–Crippen MR) is 126 cm³/mol. The van der Waals surface area contributed by atoms with Gasteiger partial charge in [-0.3, -0.25) is 19.2 Å². The van der Waals surface area contributed by atoms with Gasteiger partial charge in [0.2, 0.25) is 0 Å². The Morgan fingerprint density at radius 1 is 1.15 bits per heavy atom. The molecule has 1 aromatic carbocycles. The topological polar surface area (TPSA) is 126 Å². The van der Waals surface area contributed by atoms with Gasteiger partial charge in [-0.05, 0) is 30.7 Å². The van der Waals surface area contributed by atoms with E-state index in [-0.39, 0.29) is 37.5 Å². The van der Waals surface area contributed by atoms with Gasteiger partial charge in [0, 0.05) is 44.3 Å². The first kappa shape index (κ1) is 24.2. The number of hydrogen-bond donors (Lipinski definition) is 3. The smallest absolute Gasteiger partial charge is 0.323 e. The number of anilines is 1. The molecule has 1 saturated heterocycles. The van der Waals surface area contributed by atoms with Gasteiger partial charge in [-0.2, -0.15) is 5.10 Å². The zero-order valence-corrected chi connectivity index (χ0v) is 19.9. The van der Waals surface area contributed by atoms with Crippen LogP contribution in [0, 0.1) is 6.92 Å². The van der Waals surface area contributed by atoms with Crippen molar-refractivity contribution >= 4 is 23.5 Å². The van der Waals surface area contributed by atoms with Gasteiger partial charge in [0.05, 0.1) is 5.69 Å². The molecule has 0 radical (unpaired) electrons. The molecule has 1 aliphatic rings. The Morgan fingerprint density at radius 2 is 1.85 bits per heavy atom. The average Bonchev–Trinajstić information content (AvgIpc) is 3.35. The maximum absolute atomic E-state index is 13.5. The number of nitrogens with one attached hydrogen (secondary N) is 2. The number of aryl methyl sites for hydroxylation is 2. The van der Waals surface area contributed by atoms with Crippen LogP contribution in [-0.4, -0.2) is 69.8 Å². The molecule has 1 aromatic heterocycles. The maximum Gasteiger partial charge on any atom is 0.323 e. The molecule has 1 unspecified atom stereocenters. The first-order chi connectivity index (χ1) is 15.5. The second-order valence-electron chi connectivity index (χ2n) is 9.23. The second-order valence-corrected chi connectivity index (χ2v) is 9.23. The van der Waals surface area contributed by atoms with Gasteiger partial charge < -0.3 is 21.3 Å². The molecular weight excluding hydrogens is 422 g/mol. The van der Waals surface area contributed by atoms with Crippen LogP contribution >= 0.6 is 0 Å². The van der Waals surface area contributed by atoms with E-state index in [4.69, 9.17) is 5.73 Å². The normalized spacial score (nSPS) is 16.1. The van der Waals surface area contributed by atoms with Gasteiger partial charge in [0.1, 0.15) is 5.69 Å². The molecule has 178 valence electrons. The minimum atomic E-state index is -1.10. The molecule has 0 aliphatic carbocycles. The lowest BCUT2D eigenvalue weighted by Gasteiger charge is -2.29. The summed E-state index contributed by atoms with van der Waals surface area (Å²) in [6.45, 7) is 8.89. The summed E-state index contributed by atoms with van der Waals surface area (Å²) in [6.07, 6.45) is -1.10. The van der Waals surface area contributed by atoms with Crippen molar-refractivity contribution in [2.24, 2.45) is 12.8 Å². The SMILES string of the molecule is Cc1cccc(NC(=O)N2CCN(C(=O)c3cc(C(C)(C)C)nn3C)C2C(=O)NCCN)c1. The molecule has 1 aliphatic heterocycles. The second kappa shape index (κ2) is 9.62. The monoisotopic (exact) mass is 455 g/mol. The van der Waals surface area contributed by atoms with Gasteiger partial charge in [-0.1, -0.05) is 32.9 Å². The van der Waals surface area contributed by atoms with Gasteiger partial charge in [-0.15, -0.1) is 0 Å². The standard InChI is InChI=1S/C23H33N7O3/c1-15-7-6-8-16(13-15)26-22(33)30-12-11-29(20(30)19(31)25-10-9-24)21(32)17-14-18(23(2,3)4)27-28(17)5/h6-8,13-14,20H,9-12,24H2,1-5H3,(H,25,31)(H,26,33). The summed E-state index contributed by atoms with van der Waals surface area (Å²) in [6, 6.07) is 8.66. The van der Waals surface area contributed by atoms with Crippen LogP contribution in [0.25, 0.3) is 0 Å². The van der Waals surface area contributed by atoms with Crippen LogP contribution in [0.15, 0.2) is 30.3 Å². The highest BCUT2D eigenvalue weighted by molar-refractivity contribution is 6.00. The van der Waals surface area contributed by atoms with Crippen LogP contribution in [-0.2, 0) is 17.3 Å². The number of carbonyl (C=O) groups excluding carboxylic acids is 3. The third-order valence-electron chi connectivity index (χ3n) is 5.51. The van der Waals surface area contributed by atoms with Crippen molar-refractivity contribution in [2.45, 2.75) is 39.3 Å². The van der Waals surface area contributed by atoms with Crippen molar-refractivity contribution in [3.8, 4) is 0 Å². The number of rotatable bonds is 5. The van der Waals surface area contributed by atoms with E-state index in [2.05, 4.69) is 15.7 Å². The van der Waals surface area contributed by atoms with E-state index in [0.717, 1.165) is 11.3 Å². The lowest BCUT2D eigenvalue weighted by molar-refractivity contribution is -0.127. The van der Waals surface area contributed by atoms with Crippen molar-refractivity contribution in [1.82, 2.24) is 24.9 Å². The number of aromatic nitrogens is 2. The summed E-state index contributed by atoms with van der Waals surface area (Å²) in [5.74, 6) is -0.817. The maximum atomic E-state index is 13.5. The van der Waals surface area contributed by atoms with Crippen molar-refractivity contribution in [2.75, 3.05) is 31.5 Å². The Balaban J connectivity index is 1.88. The van der Waals surface area contributed by atoms with Crippen molar-refractivity contribution in [3.63, 3.8) is 0 Å². The van der Waals surface area contributed by atoms with E-state index in [1.807, 2.05) is 45.9 Å². The molecule has 4 N–H and O–H groups in total. The van der Waals surface area contributed by atoms with Crippen LogP contribution in [0.3, 0.4) is 0 Å². The van der Waals surface area contributed by atoms with Crippen LogP contribution in [0.1, 0.15) is 42.5 Å². The van der Waals surface area contributed by atoms with Crippen LogP contribution in [0.2, 0.25) is 0 Å². The third-order valence-corrected chi connectivity index (χ3v) is 5.51. The number of carbonyl (C=O) groups is 3. The lowest BCUT2D eigenvalue weighted by Crippen LogP contribution is -2.55. The number of benzene rings is 1. The summed E-state index contributed by atoms with van der Waals surface area (Å²) in [5, 5.41) is 10.0. The Hall–Kier alpha value is -3.40. The molecule has 1 atom stereocenters. The van der Waals surface area contributed by atoms with Crippen molar-refractivity contribution < 1.29 is 14.4 Å². The molecule has 0 saturated carbocycles. The summed E-state index contributed by atoms with van der Waals surface area (Å²) >= 11 is 0. The Bertz CT molecular complexity index is 1040. The predicted octanol–water partition coefficient (Wildman–Crippen LogP) is 1.42. The van der Waals surface area contributed by atoms with E-state index in [1.54, 1.807) is 19.2 Å². The average molecular weight is 456 g/mol. The largest absolute Gasteiger partial charge is 0.351 e. The summed E-state index contributed by atoms with van der Waals surface area (Å²) in [5.41, 5.74) is 8.04. The highest BCUT2D eigenvalue weighted by Crippen LogP contribution is 2.24. The van der Waals surface area contributed by atoms with Gasteiger partial charge >= 0.3 is 6.03 Å². The molecule has 4 amide bonds. The van der Waals surface area contributed by atoms with Crippen LogP contribution in [0.4, 0.5) is 10.5 Å². The molecular formula is C23H33N7O3. The zero-order chi connectivity index (χ0) is 24.3. The first-order valence-electron chi connectivity index (χ1n) is 11.0. The minimum Gasteiger partial charge on any atom is -0.351 e. The summed E-state index contributed by atoms with van der Waals surface area (Å²) in [7, 11) is 1.70. The molecule has 0 bridgehead atoms. The molecule has 10 nitrogen and oxygen atoms in total. The molecule has 10 heteroatoms. The molecule has 33 heavy (non-hydrogen) atoms. The Kier molecular flexibility index (Phi) is 7.06.